The molecule has 1 aliphatic carbocycles. The van der Waals surface area contributed by atoms with Crippen LogP contribution in [0.4, 0.5) is 5.82 Å². The first kappa shape index (κ1) is 16.1. The first-order chi connectivity index (χ1) is 10.1. The zero-order chi connectivity index (χ0) is 15.3. The van der Waals surface area contributed by atoms with Gasteiger partial charge in [-0.25, -0.2) is 4.98 Å². The van der Waals surface area contributed by atoms with Gasteiger partial charge in [0.25, 0.3) is 5.91 Å². The number of carbonyl (C=O) groups excluding carboxylic acids is 1. The van der Waals surface area contributed by atoms with Crippen molar-refractivity contribution in [3.63, 3.8) is 0 Å². The summed E-state index contributed by atoms with van der Waals surface area (Å²) in [7, 11) is 0. The molecular formula is C16H24ClN3O. The van der Waals surface area contributed by atoms with Crippen molar-refractivity contribution in [1.82, 2.24) is 10.3 Å². The molecule has 0 atom stereocenters. The van der Waals surface area contributed by atoms with E-state index < -0.39 is 0 Å². The second kappa shape index (κ2) is 7.12. The number of rotatable bonds is 6. The van der Waals surface area contributed by atoms with E-state index in [9.17, 15) is 4.79 Å². The van der Waals surface area contributed by atoms with Gasteiger partial charge in [-0.3, -0.25) is 4.79 Å². The van der Waals surface area contributed by atoms with Crippen LogP contribution in [0.25, 0.3) is 0 Å². The lowest BCUT2D eigenvalue weighted by Crippen LogP contribution is -2.35. The fourth-order valence-electron chi connectivity index (χ4n) is 3.05. The molecule has 2 rings (SSSR count). The van der Waals surface area contributed by atoms with Gasteiger partial charge in [0, 0.05) is 18.7 Å². The molecule has 0 spiro atoms. The van der Waals surface area contributed by atoms with E-state index in [1.165, 1.54) is 25.7 Å². The van der Waals surface area contributed by atoms with Gasteiger partial charge in [-0.05, 0) is 43.7 Å². The smallest absolute Gasteiger partial charge is 0.251 e. The Balaban J connectivity index is 2.02. The van der Waals surface area contributed by atoms with Crippen LogP contribution >= 0.6 is 11.6 Å². The van der Waals surface area contributed by atoms with Gasteiger partial charge in [0.15, 0.2) is 0 Å². The first-order valence-electron chi connectivity index (χ1n) is 7.78. The standard InChI is InChI=1S/C16H24ClN3O/c1-3-16(7-5-6-8-16)11-19-15(21)12-9-13(17)20-14(10-12)18-4-2/h9-10H,3-8,11H2,1-2H3,(H,18,20)(H,19,21). The molecule has 1 aliphatic rings. The molecule has 0 saturated heterocycles. The number of pyridine rings is 1. The SMILES string of the molecule is CCNc1cc(C(=O)NCC2(CC)CCCC2)cc(Cl)n1. The second-order valence-electron chi connectivity index (χ2n) is 5.84. The Morgan fingerprint density at radius 3 is 2.67 bits per heavy atom. The average molecular weight is 310 g/mol. The molecular weight excluding hydrogens is 286 g/mol. The minimum atomic E-state index is -0.0711. The van der Waals surface area contributed by atoms with Crippen molar-refractivity contribution in [2.24, 2.45) is 5.41 Å². The van der Waals surface area contributed by atoms with Gasteiger partial charge in [0.2, 0.25) is 0 Å². The quantitative estimate of drug-likeness (QED) is 0.784. The van der Waals surface area contributed by atoms with Crippen LogP contribution in [0, 0.1) is 5.41 Å². The summed E-state index contributed by atoms with van der Waals surface area (Å²) < 4.78 is 0. The Bertz CT molecular complexity index is 498. The van der Waals surface area contributed by atoms with Crippen molar-refractivity contribution in [3.8, 4) is 0 Å². The lowest BCUT2D eigenvalue weighted by Gasteiger charge is -2.27. The van der Waals surface area contributed by atoms with E-state index in [2.05, 4.69) is 22.5 Å². The maximum atomic E-state index is 12.3. The Morgan fingerprint density at radius 2 is 2.05 bits per heavy atom. The summed E-state index contributed by atoms with van der Waals surface area (Å²) in [5.74, 6) is 0.569. The van der Waals surface area contributed by atoms with Gasteiger partial charge >= 0.3 is 0 Å². The van der Waals surface area contributed by atoms with Crippen molar-refractivity contribution in [2.45, 2.75) is 46.0 Å². The van der Waals surface area contributed by atoms with E-state index in [0.717, 1.165) is 19.5 Å². The highest BCUT2D eigenvalue weighted by atomic mass is 35.5. The summed E-state index contributed by atoms with van der Waals surface area (Å²) in [6.07, 6.45) is 6.09. The molecule has 2 N–H and O–H groups in total. The van der Waals surface area contributed by atoms with Crippen LogP contribution in [0.15, 0.2) is 12.1 Å². The molecule has 0 bridgehead atoms. The van der Waals surface area contributed by atoms with Crippen LogP contribution in [0.5, 0.6) is 0 Å². The summed E-state index contributed by atoms with van der Waals surface area (Å²) in [6, 6.07) is 3.36. The predicted octanol–water partition coefficient (Wildman–Crippen LogP) is 3.87. The Morgan fingerprint density at radius 1 is 1.33 bits per heavy atom. The van der Waals surface area contributed by atoms with Crippen LogP contribution in [0.1, 0.15) is 56.3 Å². The lowest BCUT2D eigenvalue weighted by atomic mass is 9.83. The van der Waals surface area contributed by atoms with Gasteiger partial charge in [0.05, 0.1) is 0 Å². The number of nitrogens with zero attached hydrogens (tertiary/aromatic N) is 1. The van der Waals surface area contributed by atoms with E-state index in [1.807, 2.05) is 6.92 Å². The summed E-state index contributed by atoms with van der Waals surface area (Å²) >= 11 is 5.98. The molecule has 1 aromatic rings. The van der Waals surface area contributed by atoms with E-state index in [1.54, 1.807) is 12.1 Å². The molecule has 1 heterocycles. The van der Waals surface area contributed by atoms with Crippen LogP contribution in [0.3, 0.4) is 0 Å². The number of anilines is 1. The average Bonchev–Trinajstić information content (AvgIpc) is 2.94. The monoisotopic (exact) mass is 309 g/mol. The summed E-state index contributed by atoms with van der Waals surface area (Å²) in [5.41, 5.74) is 0.854. The summed E-state index contributed by atoms with van der Waals surface area (Å²) in [6.45, 7) is 5.68. The molecule has 0 aromatic carbocycles. The third kappa shape index (κ3) is 4.10. The molecule has 4 nitrogen and oxygen atoms in total. The zero-order valence-electron chi connectivity index (χ0n) is 12.8. The van der Waals surface area contributed by atoms with E-state index in [-0.39, 0.29) is 11.3 Å². The maximum absolute atomic E-state index is 12.3. The fourth-order valence-corrected chi connectivity index (χ4v) is 3.26. The number of nitrogens with one attached hydrogen (secondary N) is 2. The Hall–Kier alpha value is -1.29. The molecule has 5 heteroatoms. The number of amides is 1. The van der Waals surface area contributed by atoms with Crippen molar-refractivity contribution in [1.29, 1.82) is 0 Å². The van der Waals surface area contributed by atoms with Crippen LogP contribution in [-0.2, 0) is 0 Å². The second-order valence-corrected chi connectivity index (χ2v) is 6.22. The summed E-state index contributed by atoms with van der Waals surface area (Å²) in [5, 5.41) is 6.50. The highest BCUT2D eigenvalue weighted by Crippen LogP contribution is 2.40. The molecule has 0 aliphatic heterocycles. The maximum Gasteiger partial charge on any atom is 0.251 e. The van der Waals surface area contributed by atoms with Crippen molar-refractivity contribution < 1.29 is 4.79 Å². The van der Waals surface area contributed by atoms with Gasteiger partial charge < -0.3 is 10.6 Å². The first-order valence-corrected chi connectivity index (χ1v) is 8.16. The van der Waals surface area contributed by atoms with Crippen molar-refractivity contribution in [2.75, 3.05) is 18.4 Å². The molecule has 116 valence electrons. The van der Waals surface area contributed by atoms with E-state index in [4.69, 9.17) is 11.6 Å². The zero-order valence-corrected chi connectivity index (χ0v) is 13.6. The molecule has 0 radical (unpaired) electrons. The lowest BCUT2D eigenvalue weighted by molar-refractivity contribution is 0.0928. The summed E-state index contributed by atoms with van der Waals surface area (Å²) in [4.78, 5) is 16.5. The Labute approximate surface area is 131 Å². The topological polar surface area (TPSA) is 54.0 Å². The number of hydrogen-bond acceptors (Lipinski definition) is 3. The van der Waals surface area contributed by atoms with Gasteiger partial charge in [-0.1, -0.05) is 31.4 Å². The third-order valence-corrected chi connectivity index (χ3v) is 4.65. The predicted molar refractivity (Wildman–Crippen MR) is 86.9 cm³/mol. The molecule has 1 saturated carbocycles. The molecule has 21 heavy (non-hydrogen) atoms. The van der Waals surface area contributed by atoms with Gasteiger partial charge in [0.1, 0.15) is 11.0 Å². The normalized spacial score (nSPS) is 16.7. The Kier molecular flexibility index (Phi) is 5.45. The fraction of sp³-hybridized carbons (Fsp3) is 0.625. The number of hydrogen-bond donors (Lipinski definition) is 2. The highest BCUT2D eigenvalue weighted by molar-refractivity contribution is 6.29. The number of halogens is 1. The van der Waals surface area contributed by atoms with Crippen LogP contribution in [-0.4, -0.2) is 24.0 Å². The number of aromatic nitrogens is 1. The minimum Gasteiger partial charge on any atom is -0.370 e. The van der Waals surface area contributed by atoms with Crippen molar-refractivity contribution >= 4 is 23.3 Å². The number of carbonyl (C=O) groups is 1. The largest absolute Gasteiger partial charge is 0.370 e. The minimum absolute atomic E-state index is 0.0711. The molecule has 0 unspecified atom stereocenters. The molecule has 1 aromatic heterocycles. The van der Waals surface area contributed by atoms with Crippen LogP contribution in [0.2, 0.25) is 5.15 Å². The highest BCUT2D eigenvalue weighted by Gasteiger charge is 2.32. The van der Waals surface area contributed by atoms with E-state index in [0.29, 0.717) is 16.5 Å². The molecule has 1 fully saturated rings. The van der Waals surface area contributed by atoms with E-state index >= 15 is 0 Å². The third-order valence-electron chi connectivity index (χ3n) is 4.45. The van der Waals surface area contributed by atoms with Crippen molar-refractivity contribution in [3.05, 3.63) is 22.8 Å². The molecule has 1 amide bonds. The van der Waals surface area contributed by atoms with Crippen LogP contribution < -0.4 is 10.6 Å². The van der Waals surface area contributed by atoms with Gasteiger partial charge in [-0.2, -0.15) is 0 Å². The van der Waals surface area contributed by atoms with Gasteiger partial charge in [-0.15, -0.1) is 0 Å².